The molecule has 1 aromatic carbocycles. The number of aliphatic hydroxyl groups is 1. The number of nitrogen functional groups attached to an aromatic ring is 1. The summed E-state index contributed by atoms with van der Waals surface area (Å²) in [6, 6.07) is 5.58. The average Bonchev–Trinajstić information content (AvgIpc) is 2.71. The molecule has 1 aliphatic carbocycles. The molecule has 1 saturated carbocycles. The van der Waals surface area contributed by atoms with E-state index >= 15 is 0 Å². The number of hydrogen-bond donors (Lipinski definition) is 3. The van der Waals surface area contributed by atoms with Crippen LogP contribution in [0.1, 0.15) is 19.3 Å². The number of nitrogens with one attached hydrogen (secondary N) is 1. The Morgan fingerprint density at radius 2 is 2.24 bits per heavy atom. The zero-order valence-electron chi connectivity index (χ0n) is 10.1. The first-order chi connectivity index (χ1) is 8.19. The summed E-state index contributed by atoms with van der Waals surface area (Å²) >= 11 is 0. The standard InChI is InChI=1S/C13H20N2O2/c1-17-12-6-10(14)5-11(7-12)15-8-9-3-2-4-13(9)16/h5-7,9,13,15-16H,2-4,8,14H2,1H3. The van der Waals surface area contributed by atoms with Crippen molar-refractivity contribution in [3.8, 4) is 5.75 Å². The predicted molar refractivity (Wildman–Crippen MR) is 69.2 cm³/mol. The van der Waals surface area contributed by atoms with Gasteiger partial charge in [0.25, 0.3) is 0 Å². The minimum absolute atomic E-state index is 0.162. The van der Waals surface area contributed by atoms with Crippen LogP contribution in [0.3, 0.4) is 0 Å². The van der Waals surface area contributed by atoms with E-state index in [1.165, 1.54) is 0 Å². The maximum Gasteiger partial charge on any atom is 0.122 e. The Morgan fingerprint density at radius 3 is 2.88 bits per heavy atom. The van der Waals surface area contributed by atoms with Crippen LogP contribution in [0.25, 0.3) is 0 Å². The van der Waals surface area contributed by atoms with Gasteiger partial charge >= 0.3 is 0 Å². The van der Waals surface area contributed by atoms with Gasteiger partial charge in [0.1, 0.15) is 5.75 Å². The molecule has 2 rings (SSSR count). The van der Waals surface area contributed by atoms with E-state index in [1.54, 1.807) is 13.2 Å². The van der Waals surface area contributed by atoms with Crippen molar-refractivity contribution < 1.29 is 9.84 Å². The second kappa shape index (κ2) is 5.27. The van der Waals surface area contributed by atoms with E-state index in [9.17, 15) is 5.11 Å². The summed E-state index contributed by atoms with van der Waals surface area (Å²) in [5.41, 5.74) is 7.40. The number of rotatable bonds is 4. The molecular weight excluding hydrogens is 216 g/mol. The maximum absolute atomic E-state index is 9.73. The number of aliphatic hydroxyl groups excluding tert-OH is 1. The highest BCUT2D eigenvalue weighted by atomic mass is 16.5. The van der Waals surface area contributed by atoms with Gasteiger partial charge in [0.05, 0.1) is 13.2 Å². The summed E-state index contributed by atoms with van der Waals surface area (Å²) in [4.78, 5) is 0. The quantitative estimate of drug-likeness (QED) is 0.698. The Bertz CT molecular complexity index is 382. The summed E-state index contributed by atoms with van der Waals surface area (Å²) in [6.45, 7) is 0.785. The van der Waals surface area contributed by atoms with Gasteiger partial charge in [-0.15, -0.1) is 0 Å². The maximum atomic E-state index is 9.73. The third-order valence-corrected chi connectivity index (χ3v) is 3.35. The van der Waals surface area contributed by atoms with Gasteiger partial charge in [0.15, 0.2) is 0 Å². The molecule has 94 valence electrons. The molecule has 17 heavy (non-hydrogen) atoms. The third kappa shape index (κ3) is 3.03. The molecule has 2 unspecified atom stereocenters. The van der Waals surface area contributed by atoms with Gasteiger partial charge in [0, 0.05) is 36.0 Å². The van der Waals surface area contributed by atoms with Crippen molar-refractivity contribution >= 4 is 11.4 Å². The summed E-state index contributed by atoms with van der Waals surface area (Å²) in [5.74, 6) is 1.10. The molecule has 0 heterocycles. The van der Waals surface area contributed by atoms with Crippen molar-refractivity contribution in [3.63, 3.8) is 0 Å². The number of methoxy groups -OCH3 is 1. The van der Waals surface area contributed by atoms with Crippen molar-refractivity contribution in [2.45, 2.75) is 25.4 Å². The lowest BCUT2D eigenvalue weighted by atomic mass is 10.1. The Labute approximate surface area is 102 Å². The van der Waals surface area contributed by atoms with Crippen LogP contribution in [0.2, 0.25) is 0 Å². The van der Waals surface area contributed by atoms with Gasteiger partial charge in [-0.25, -0.2) is 0 Å². The van der Waals surface area contributed by atoms with E-state index in [-0.39, 0.29) is 6.10 Å². The molecule has 0 aliphatic heterocycles. The summed E-state index contributed by atoms with van der Waals surface area (Å²) in [7, 11) is 1.62. The summed E-state index contributed by atoms with van der Waals surface area (Å²) < 4.78 is 5.16. The van der Waals surface area contributed by atoms with Gasteiger partial charge in [-0.1, -0.05) is 6.42 Å². The lowest BCUT2D eigenvalue weighted by Gasteiger charge is -2.16. The number of anilines is 2. The van der Waals surface area contributed by atoms with Crippen molar-refractivity contribution in [2.75, 3.05) is 24.7 Å². The molecule has 0 amide bonds. The first-order valence-corrected chi connectivity index (χ1v) is 6.05. The highest BCUT2D eigenvalue weighted by Gasteiger charge is 2.24. The van der Waals surface area contributed by atoms with E-state index in [0.717, 1.165) is 37.2 Å². The molecule has 1 aromatic rings. The van der Waals surface area contributed by atoms with Crippen LogP contribution in [-0.4, -0.2) is 24.9 Å². The zero-order valence-corrected chi connectivity index (χ0v) is 10.1. The summed E-state index contributed by atoms with van der Waals surface area (Å²) in [5, 5.41) is 13.0. The number of hydrogen-bond acceptors (Lipinski definition) is 4. The van der Waals surface area contributed by atoms with Crippen molar-refractivity contribution in [3.05, 3.63) is 18.2 Å². The van der Waals surface area contributed by atoms with E-state index in [4.69, 9.17) is 10.5 Å². The fourth-order valence-electron chi connectivity index (χ4n) is 2.35. The van der Waals surface area contributed by atoms with Gasteiger partial charge in [0.2, 0.25) is 0 Å². The fraction of sp³-hybridized carbons (Fsp3) is 0.538. The molecule has 4 nitrogen and oxygen atoms in total. The average molecular weight is 236 g/mol. The van der Waals surface area contributed by atoms with Crippen molar-refractivity contribution in [2.24, 2.45) is 5.92 Å². The number of nitrogens with two attached hydrogens (primary N) is 1. The smallest absolute Gasteiger partial charge is 0.122 e. The van der Waals surface area contributed by atoms with E-state index in [0.29, 0.717) is 11.6 Å². The van der Waals surface area contributed by atoms with Crippen molar-refractivity contribution in [1.82, 2.24) is 0 Å². The number of benzene rings is 1. The minimum Gasteiger partial charge on any atom is -0.497 e. The molecule has 0 bridgehead atoms. The molecular formula is C13H20N2O2. The normalized spacial score (nSPS) is 23.6. The molecule has 0 radical (unpaired) electrons. The lowest BCUT2D eigenvalue weighted by molar-refractivity contribution is 0.138. The first kappa shape index (κ1) is 12.0. The molecule has 0 saturated heterocycles. The molecule has 1 fully saturated rings. The summed E-state index contributed by atoms with van der Waals surface area (Å²) in [6.07, 6.45) is 2.97. The highest BCUT2D eigenvalue weighted by Crippen LogP contribution is 2.27. The predicted octanol–water partition coefficient (Wildman–Crippen LogP) is 1.85. The monoisotopic (exact) mass is 236 g/mol. The largest absolute Gasteiger partial charge is 0.497 e. The van der Waals surface area contributed by atoms with Gasteiger partial charge in [-0.3, -0.25) is 0 Å². The topological polar surface area (TPSA) is 67.5 Å². The molecule has 4 N–H and O–H groups in total. The minimum atomic E-state index is -0.162. The van der Waals surface area contributed by atoms with Crippen LogP contribution in [-0.2, 0) is 0 Å². The third-order valence-electron chi connectivity index (χ3n) is 3.35. The van der Waals surface area contributed by atoms with E-state index in [1.807, 2.05) is 12.1 Å². The second-order valence-corrected chi connectivity index (χ2v) is 4.63. The van der Waals surface area contributed by atoms with Gasteiger partial charge < -0.3 is 20.9 Å². The SMILES string of the molecule is COc1cc(N)cc(NCC2CCCC2O)c1. The van der Waals surface area contributed by atoms with Crippen LogP contribution >= 0.6 is 0 Å². The van der Waals surface area contributed by atoms with Crippen LogP contribution < -0.4 is 15.8 Å². The second-order valence-electron chi connectivity index (χ2n) is 4.63. The molecule has 0 aromatic heterocycles. The molecule has 0 spiro atoms. The number of ether oxygens (including phenoxy) is 1. The molecule has 1 aliphatic rings. The first-order valence-electron chi connectivity index (χ1n) is 6.05. The van der Waals surface area contributed by atoms with E-state index < -0.39 is 0 Å². The molecule has 4 heteroatoms. The molecule has 2 atom stereocenters. The lowest BCUT2D eigenvalue weighted by Crippen LogP contribution is -2.21. The van der Waals surface area contributed by atoms with Crippen LogP contribution in [0.15, 0.2) is 18.2 Å². The Hall–Kier alpha value is -1.42. The van der Waals surface area contributed by atoms with Crippen LogP contribution in [0.5, 0.6) is 5.75 Å². The zero-order chi connectivity index (χ0) is 12.3. The Morgan fingerprint density at radius 1 is 1.41 bits per heavy atom. The Kier molecular flexibility index (Phi) is 3.74. The van der Waals surface area contributed by atoms with E-state index in [2.05, 4.69) is 5.32 Å². The van der Waals surface area contributed by atoms with Crippen LogP contribution in [0.4, 0.5) is 11.4 Å². The van der Waals surface area contributed by atoms with Crippen molar-refractivity contribution in [1.29, 1.82) is 0 Å². The highest BCUT2D eigenvalue weighted by molar-refractivity contribution is 5.59. The van der Waals surface area contributed by atoms with Gasteiger partial charge in [-0.2, -0.15) is 0 Å². The fourth-order valence-corrected chi connectivity index (χ4v) is 2.35. The Balaban J connectivity index is 1.96. The van der Waals surface area contributed by atoms with Gasteiger partial charge in [-0.05, 0) is 18.9 Å². The van der Waals surface area contributed by atoms with Crippen LogP contribution in [0, 0.1) is 5.92 Å².